The van der Waals surface area contributed by atoms with E-state index in [4.69, 9.17) is 9.47 Å². The molecule has 1 aromatic carbocycles. The molecule has 2 aromatic rings. The fourth-order valence-electron chi connectivity index (χ4n) is 3.60. The lowest BCUT2D eigenvalue weighted by molar-refractivity contribution is 0.00822. The summed E-state index contributed by atoms with van der Waals surface area (Å²) in [5.74, 6) is 1.15. The van der Waals surface area contributed by atoms with Gasteiger partial charge in [-0.3, -0.25) is 0 Å². The van der Waals surface area contributed by atoms with Crippen LogP contribution in [0.4, 0.5) is 10.6 Å². The van der Waals surface area contributed by atoms with E-state index in [-0.39, 0.29) is 12.1 Å². The van der Waals surface area contributed by atoms with Crippen LogP contribution in [0.1, 0.15) is 52.9 Å². The van der Waals surface area contributed by atoms with Gasteiger partial charge in [-0.05, 0) is 65.0 Å². The van der Waals surface area contributed by atoms with E-state index in [2.05, 4.69) is 15.3 Å². The summed E-state index contributed by atoms with van der Waals surface area (Å²) in [6.45, 7) is 7.01. The van der Waals surface area contributed by atoms with Crippen molar-refractivity contribution >= 4 is 22.9 Å². The fraction of sp³-hybridized carbons (Fsp3) is 0.591. The zero-order chi connectivity index (χ0) is 20.9. The van der Waals surface area contributed by atoms with Gasteiger partial charge in [0.25, 0.3) is 5.88 Å². The third-order valence-corrected chi connectivity index (χ3v) is 4.95. The van der Waals surface area contributed by atoms with Crippen LogP contribution < -0.4 is 10.1 Å². The van der Waals surface area contributed by atoms with Gasteiger partial charge in [0.2, 0.25) is 0 Å². The van der Waals surface area contributed by atoms with Gasteiger partial charge < -0.3 is 19.7 Å². The minimum Gasteiger partial charge on any atom is -0.475 e. The minimum atomic E-state index is -0.472. The number of anilines is 1. The number of carbonyl (C=O) groups excluding carboxylic acids is 1. The SMILES string of the molecule is CNc1nc2ccccc2nc1OCCC[C@H]1CCCCN1C(=O)OC(C)(C)C. The first kappa shape index (κ1) is 21.1. The Morgan fingerprint density at radius 1 is 1.21 bits per heavy atom. The lowest BCUT2D eigenvalue weighted by Crippen LogP contribution is -2.46. The van der Waals surface area contributed by atoms with E-state index in [0.717, 1.165) is 49.7 Å². The highest BCUT2D eigenvalue weighted by molar-refractivity contribution is 5.77. The van der Waals surface area contributed by atoms with E-state index in [9.17, 15) is 4.79 Å². The van der Waals surface area contributed by atoms with Crippen molar-refractivity contribution in [1.82, 2.24) is 14.9 Å². The van der Waals surface area contributed by atoms with Crippen LogP contribution >= 0.6 is 0 Å². The van der Waals surface area contributed by atoms with Gasteiger partial charge >= 0.3 is 6.09 Å². The second-order valence-electron chi connectivity index (χ2n) is 8.43. The maximum Gasteiger partial charge on any atom is 0.410 e. The second-order valence-corrected chi connectivity index (χ2v) is 8.43. The average Bonchev–Trinajstić information content (AvgIpc) is 2.69. The Kier molecular flexibility index (Phi) is 6.77. The highest BCUT2D eigenvalue weighted by Gasteiger charge is 2.30. The Labute approximate surface area is 172 Å². The van der Waals surface area contributed by atoms with Crippen LogP contribution in [-0.2, 0) is 4.74 Å². The fourth-order valence-corrected chi connectivity index (χ4v) is 3.60. The van der Waals surface area contributed by atoms with Crippen LogP contribution in [0, 0.1) is 0 Å². The number of aromatic nitrogens is 2. The number of para-hydroxylation sites is 2. The Morgan fingerprint density at radius 2 is 1.93 bits per heavy atom. The zero-order valence-corrected chi connectivity index (χ0v) is 17.9. The van der Waals surface area contributed by atoms with Crippen LogP contribution in [-0.4, -0.2) is 52.8 Å². The van der Waals surface area contributed by atoms with Gasteiger partial charge in [0, 0.05) is 19.6 Å². The first-order valence-electron chi connectivity index (χ1n) is 10.4. The Balaban J connectivity index is 1.56. The maximum atomic E-state index is 12.5. The van der Waals surface area contributed by atoms with Crippen molar-refractivity contribution in [2.24, 2.45) is 0 Å². The van der Waals surface area contributed by atoms with Crippen molar-refractivity contribution < 1.29 is 14.3 Å². The van der Waals surface area contributed by atoms with Gasteiger partial charge in [0.15, 0.2) is 5.82 Å². The predicted molar refractivity (Wildman–Crippen MR) is 114 cm³/mol. The molecule has 1 fully saturated rings. The van der Waals surface area contributed by atoms with Crippen molar-refractivity contribution in [2.75, 3.05) is 25.5 Å². The summed E-state index contributed by atoms with van der Waals surface area (Å²) in [5, 5.41) is 3.05. The Morgan fingerprint density at radius 3 is 2.62 bits per heavy atom. The van der Waals surface area contributed by atoms with E-state index >= 15 is 0 Å². The largest absolute Gasteiger partial charge is 0.475 e. The third-order valence-electron chi connectivity index (χ3n) is 4.95. The molecule has 158 valence electrons. The summed E-state index contributed by atoms with van der Waals surface area (Å²) < 4.78 is 11.5. The molecular weight excluding hydrogens is 368 g/mol. The number of piperidine rings is 1. The number of amides is 1. The highest BCUT2D eigenvalue weighted by Crippen LogP contribution is 2.25. The molecule has 0 radical (unpaired) electrons. The lowest BCUT2D eigenvalue weighted by Gasteiger charge is -2.36. The van der Waals surface area contributed by atoms with Crippen LogP contribution in [0.15, 0.2) is 24.3 Å². The molecule has 0 bridgehead atoms. The quantitative estimate of drug-likeness (QED) is 0.713. The third kappa shape index (κ3) is 5.71. The number of carbonyl (C=O) groups is 1. The molecule has 1 aromatic heterocycles. The number of ether oxygens (including phenoxy) is 2. The molecule has 7 nitrogen and oxygen atoms in total. The number of hydrogen-bond donors (Lipinski definition) is 1. The standard InChI is InChI=1S/C22H32N4O3/c1-22(2,3)29-21(27)26-14-8-7-10-16(26)11-9-15-28-20-19(23-4)24-17-12-5-6-13-18(17)25-20/h5-6,12-13,16H,7-11,14-15H2,1-4H3,(H,23,24)/t16-/m1/s1. The number of fused-ring (bicyclic) bond motifs is 1. The molecule has 0 saturated carbocycles. The number of rotatable bonds is 6. The summed E-state index contributed by atoms with van der Waals surface area (Å²) >= 11 is 0. The summed E-state index contributed by atoms with van der Waals surface area (Å²) in [5.41, 5.74) is 1.17. The summed E-state index contributed by atoms with van der Waals surface area (Å²) in [4.78, 5) is 23.6. The van der Waals surface area contributed by atoms with Gasteiger partial charge in [0.1, 0.15) is 5.60 Å². The Bertz CT molecular complexity index is 834. The van der Waals surface area contributed by atoms with Crippen LogP contribution in [0.5, 0.6) is 5.88 Å². The predicted octanol–water partition coefficient (Wildman–Crippen LogP) is 4.62. The van der Waals surface area contributed by atoms with E-state index in [1.54, 1.807) is 0 Å². The van der Waals surface area contributed by atoms with Gasteiger partial charge in [-0.2, -0.15) is 0 Å². The first-order chi connectivity index (χ1) is 13.9. The van der Waals surface area contributed by atoms with Crippen molar-refractivity contribution in [1.29, 1.82) is 0 Å². The number of nitrogens with one attached hydrogen (secondary N) is 1. The van der Waals surface area contributed by atoms with Crippen LogP contribution in [0.3, 0.4) is 0 Å². The average molecular weight is 401 g/mol. The number of likely N-dealkylation sites (tertiary alicyclic amines) is 1. The molecular formula is C22H32N4O3. The highest BCUT2D eigenvalue weighted by atomic mass is 16.6. The van der Waals surface area contributed by atoms with E-state index in [1.807, 2.05) is 57.0 Å². The molecule has 1 aliphatic rings. The van der Waals surface area contributed by atoms with Crippen molar-refractivity contribution in [2.45, 2.75) is 64.5 Å². The zero-order valence-electron chi connectivity index (χ0n) is 17.9. The van der Waals surface area contributed by atoms with Crippen molar-refractivity contribution in [3.05, 3.63) is 24.3 Å². The molecule has 0 spiro atoms. The number of benzene rings is 1. The topological polar surface area (TPSA) is 76.6 Å². The summed E-state index contributed by atoms with van der Waals surface area (Å²) in [6, 6.07) is 7.94. The normalized spacial score (nSPS) is 17.2. The maximum absolute atomic E-state index is 12.5. The molecule has 1 atom stereocenters. The molecule has 1 amide bonds. The molecule has 1 N–H and O–H groups in total. The van der Waals surface area contributed by atoms with Crippen LogP contribution in [0.2, 0.25) is 0 Å². The van der Waals surface area contributed by atoms with Gasteiger partial charge in [-0.15, -0.1) is 0 Å². The number of nitrogens with zero attached hydrogens (tertiary/aromatic N) is 3. The minimum absolute atomic E-state index is 0.202. The van der Waals surface area contributed by atoms with Crippen molar-refractivity contribution in [3.63, 3.8) is 0 Å². The molecule has 2 heterocycles. The molecule has 1 aliphatic heterocycles. The Hall–Kier alpha value is -2.57. The van der Waals surface area contributed by atoms with E-state index in [1.165, 1.54) is 0 Å². The van der Waals surface area contributed by atoms with Gasteiger partial charge in [-0.1, -0.05) is 12.1 Å². The molecule has 1 saturated heterocycles. The second kappa shape index (κ2) is 9.29. The summed E-state index contributed by atoms with van der Waals surface area (Å²) in [7, 11) is 1.81. The molecule has 0 unspecified atom stereocenters. The molecule has 0 aliphatic carbocycles. The van der Waals surface area contributed by atoms with Crippen LogP contribution in [0.25, 0.3) is 11.0 Å². The first-order valence-corrected chi connectivity index (χ1v) is 10.4. The summed E-state index contributed by atoms with van der Waals surface area (Å²) in [6.07, 6.45) is 4.70. The van der Waals surface area contributed by atoms with Gasteiger partial charge in [0.05, 0.1) is 17.6 Å². The molecule has 3 rings (SSSR count). The van der Waals surface area contributed by atoms with Crippen molar-refractivity contribution in [3.8, 4) is 5.88 Å². The van der Waals surface area contributed by atoms with Gasteiger partial charge in [-0.25, -0.2) is 14.8 Å². The number of hydrogen-bond acceptors (Lipinski definition) is 6. The smallest absolute Gasteiger partial charge is 0.410 e. The molecule has 7 heteroatoms. The monoisotopic (exact) mass is 400 g/mol. The van der Waals surface area contributed by atoms with E-state index in [0.29, 0.717) is 18.3 Å². The lowest BCUT2D eigenvalue weighted by atomic mass is 9.98. The molecule has 29 heavy (non-hydrogen) atoms. The van der Waals surface area contributed by atoms with E-state index < -0.39 is 5.60 Å².